The molecule has 88 valence electrons. The zero-order valence-electron chi connectivity index (χ0n) is 9.78. The number of methoxy groups -OCH3 is 1. The molecule has 3 N–H and O–H groups in total. The van der Waals surface area contributed by atoms with Gasteiger partial charge in [0.25, 0.3) is 0 Å². The van der Waals surface area contributed by atoms with E-state index >= 15 is 0 Å². The van der Waals surface area contributed by atoms with Crippen LogP contribution in [0.25, 0.3) is 0 Å². The normalized spacial score (nSPS) is 12.3. The second-order valence-electron chi connectivity index (χ2n) is 3.79. The summed E-state index contributed by atoms with van der Waals surface area (Å²) in [5, 5.41) is 8.86. The number of rotatable bonds is 4. The number of nitrogens with two attached hydrogens (primary N) is 1. The van der Waals surface area contributed by atoms with Crippen molar-refractivity contribution < 1.29 is 14.6 Å². The summed E-state index contributed by atoms with van der Waals surface area (Å²) >= 11 is 0. The number of aliphatic hydroxyl groups is 1. The minimum absolute atomic E-state index is 0.245. The van der Waals surface area contributed by atoms with Crippen LogP contribution >= 0.6 is 0 Å². The molecule has 4 heteroatoms. The van der Waals surface area contributed by atoms with E-state index in [1.54, 1.807) is 19.2 Å². The van der Waals surface area contributed by atoms with Crippen LogP contribution in [0.4, 0.5) is 0 Å². The lowest BCUT2D eigenvalue weighted by Crippen LogP contribution is -2.34. The second kappa shape index (κ2) is 5.09. The molecule has 1 atom stereocenters. The molecule has 1 rings (SSSR count). The molecule has 0 amide bonds. The summed E-state index contributed by atoms with van der Waals surface area (Å²) in [7, 11) is 1.59. The van der Waals surface area contributed by atoms with Crippen molar-refractivity contribution in [2.75, 3.05) is 13.7 Å². The van der Waals surface area contributed by atoms with Gasteiger partial charge in [-0.25, -0.2) is 0 Å². The first-order valence-electron chi connectivity index (χ1n) is 5.07. The smallest absolute Gasteiger partial charge is 0.182 e. The molecule has 0 aliphatic carbocycles. The summed E-state index contributed by atoms with van der Waals surface area (Å²) < 4.78 is 5.16. The third kappa shape index (κ3) is 2.40. The number of hydrogen-bond donors (Lipinski definition) is 2. The van der Waals surface area contributed by atoms with Crippen LogP contribution in [0.15, 0.2) is 12.1 Å². The van der Waals surface area contributed by atoms with Gasteiger partial charge in [-0.1, -0.05) is 0 Å². The SMILES string of the molecule is COc1cc(C)c(C(=O)C(N)CO)cc1C. The molecular formula is C12H17NO3. The lowest BCUT2D eigenvalue weighted by molar-refractivity contribution is 0.0924. The van der Waals surface area contributed by atoms with Crippen LogP contribution in [0.5, 0.6) is 5.75 Å². The van der Waals surface area contributed by atoms with Gasteiger partial charge in [-0.05, 0) is 37.1 Å². The quantitative estimate of drug-likeness (QED) is 0.741. The third-order valence-corrected chi connectivity index (χ3v) is 2.54. The lowest BCUT2D eigenvalue weighted by atomic mass is 9.97. The first-order valence-corrected chi connectivity index (χ1v) is 5.07. The van der Waals surface area contributed by atoms with Gasteiger partial charge in [0.15, 0.2) is 5.78 Å². The third-order valence-electron chi connectivity index (χ3n) is 2.54. The van der Waals surface area contributed by atoms with E-state index in [9.17, 15) is 4.79 Å². The highest BCUT2D eigenvalue weighted by molar-refractivity contribution is 6.01. The number of ether oxygens (including phenoxy) is 1. The highest BCUT2D eigenvalue weighted by atomic mass is 16.5. The zero-order valence-corrected chi connectivity index (χ0v) is 9.78. The maximum Gasteiger partial charge on any atom is 0.182 e. The van der Waals surface area contributed by atoms with Crippen LogP contribution in [0.2, 0.25) is 0 Å². The number of Topliss-reactive ketones (excluding diaryl/α,β-unsaturated/α-hetero) is 1. The molecule has 0 aliphatic rings. The molecule has 4 nitrogen and oxygen atoms in total. The maximum absolute atomic E-state index is 11.8. The fourth-order valence-corrected chi connectivity index (χ4v) is 1.56. The number of carbonyl (C=O) groups excluding carboxylic acids is 1. The molecule has 0 radical (unpaired) electrons. The summed E-state index contributed by atoms with van der Waals surface area (Å²) in [6.07, 6.45) is 0. The fraction of sp³-hybridized carbons (Fsp3) is 0.417. The van der Waals surface area contributed by atoms with E-state index in [-0.39, 0.29) is 12.4 Å². The van der Waals surface area contributed by atoms with Crippen molar-refractivity contribution >= 4 is 5.78 Å². The number of ketones is 1. The Bertz CT molecular complexity index is 401. The van der Waals surface area contributed by atoms with Gasteiger partial charge in [0.2, 0.25) is 0 Å². The number of hydrogen-bond acceptors (Lipinski definition) is 4. The van der Waals surface area contributed by atoms with Gasteiger partial charge in [0.05, 0.1) is 19.8 Å². The Morgan fingerprint density at radius 3 is 2.56 bits per heavy atom. The van der Waals surface area contributed by atoms with Crippen molar-refractivity contribution in [3.8, 4) is 5.75 Å². The summed E-state index contributed by atoms with van der Waals surface area (Å²) in [4.78, 5) is 11.8. The topological polar surface area (TPSA) is 72.5 Å². The number of carbonyl (C=O) groups is 1. The standard InChI is InChI=1S/C12H17NO3/c1-7-5-11(16-3)8(2)4-9(7)12(15)10(13)6-14/h4-5,10,14H,6,13H2,1-3H3. The second-order valence-corrected chi connectivity index (χ2v) is 3.79. The first kappa shape index (κ1) is 12.7. The fourth-order valence-electron chi connectivity index (χ4n) is 1.56. The average molecular weight is 223 g/mol. The van der Waals surface area contributed by atoms with E-state index in [4.69, 9.17) is 15.6 Å². The van der Waals surface area contributed by atoms with Gasteiger partial charge < -0.3 is 15.6 Å². The molecule has 1 aromatic rings. The van der Waals surface area contributed by atoms with E-state index < -0.39 is 6.04 Å². The van der Waals surface area contributed by atoms with Crippen molar-refractivity contribution in [2.45, 2.75) is 19.9 Å². The molecule has 1 unspecified atom stereocenters. The molecular weight excluding hydrogens is 206 g/mol. The Hall–Kier alpha value is -1.39. The minimum Gasteiger partial charge on any atom is -0.496 e. The first-order chi connectivity index (χ1) is 7.51. The van der Waals surface area contributed by atoms with Crippen LogP contribution < -0.4 is 10.5 Å². The van der Waals surface area contributed by atoms with E-state index in [1.165, 1.54) is 0 Å². The Labute approximate surface area is 95.0 Å². The molecule has 0 spiro atoms. The molecule has 0 fully saturated rings. The van der Waals surface area contributed by atoms with Crippen molar-refractivity contribution in [1.82, 2.24) is 0 Å². The minimum atomic E-state index is -0.855. The highest BCUT2D eigenvalue weighted by Gasteiger charge is 2.18. The van der Waals surface area contributed by atoms with E-state index in [0.717, 1.165) is 16.9 Å². The summed E-state index contributed by atoms with van der Waals surface area (Å²) in [6.45, 7) is 3.34. The van der Waals surface area contributed by atoms with Gasteiger partial charge in [-0.15, -0.1) is 0 Å². The Morgan fingerprint density at radius 1 is 1.44 bits per heavy atom. The highest BCUT2D eigenvalue weighted by Crippen LogP contribution is 2.23. The van der Waals surface area contributed by atoms with Gasteiger partial charge >= 0.3 is 0 Å². The van der Waals surface area contributed by atoms with Gasteiger partial charge in [-0.2, -0.15) is 0 Å². The largest absolute Gasteiger partial charge is 0.496 e. The summed E-state index contributed by atoms with van der Waals surface area (Å²) in [5.74, 6) is 0.498. The molecule has 0 heterocycles. The van der Waals surface area contributed by atoms with Crippen LogP contribution in [-0.4, -0.2) is 30.6 Å². The average Bonchev–Trinajstić information content (AvgIpc) is 2.29. The van der Waals surface area contributed by atoms with Gasteiger partial charge in [0, 0.05) is 5.56 Å². The summed E-state index contributed by atoms with van der Waals surface area (Å²) in [5.41, 5.74) is 7.73. The predicted molar refractivity (Wildman–Crippen MR) is 61.9 cm³/mol. The molecule has 0 saturated heterocycles. The van der Waals surface area contributed by atoms with E-state index in [0.29, 0.717) is 5.56 Å². The van der Waals surface area contributed by atoms with E-state index in [1.807, 2.05) is 13.8 Å². The van der Waals surface area contributed by atoms with Gasteiger partial charge in [-0.3, -0.25) is 4.79 Å². The zero-order chi connectivity index (χ0) is 12.3. The predicted octanol–water partition coefficient (Wildman–Crippen LogP) is 0.814. The lowest BCUT2D eigenvalue weighted by Gasteiger charge is -2.13. The van der Waals surface area contributed by atoms with Crippen LogP contribution in [0.1, 0.15) is 21.5 Å². The molecule has 0 bridgehead atoms. The van der Waals surface area contributed by atoms with Crippen LogP contribution in [-0.2, 0) is 0 Å². The van der Waals surface area contributed by atoms with Crippen molar-refractivity contribution in [3.05, 3.63) is 28.8 Å². The van der Waals surface area contributed by atoms with E-state index in [2.05, 4.69) is 0 Å². The number of benzene rings is 1. The van der Waals surface area contributed by atoms with Crippen LogP contribution in [0, 0.1) is 13.8 Å². The molecule has 0 aromatic heterocycles. The maximum atomic E-state index is 11.8. The molecule has 0 aliphatic heterocycles. The van der Waals surface area contributed by atoms with Crippen molar-refractivity contribution in [2.24, 2.45) is 5.73 Å². The monoisotopic (exact) mass is 223 g/mol. The van der Waals surface area contributed by atoms with Crippen LogP contribution in [0.3, 0.4) is 0 Å². The molecule has 16 heavy (non-hydrogen) atoms. The van der Waals surface area contributed by atoms with Gasteiger partial charge in [0.1, 0.15) is 5.75 Å². The van der Waals surface area contributed by atoms with Crippen molar-refractivity contribution in [1.29, 1.82) is 0 Å². The molecule has 0 saturated carbocycles. The number of aliphatic hydroxyl groups excluding tert-OH is 1. The Kier molecular flexibility index (Phi) is 4.04. The molecule has 1 aromatic carbocycles. The summed E-state index contributed by atoms with van der Waals surface area (Å²) in [6, 6.07) is 2.69. The Morgan fingerprint density at radius 2 is 2.06 bits per heavy atom. The Balaban J connectivity index is 3.16. The van der Waals surface area contributed by atoms with Crippen molar-refractivity contribution in [3.63, 3.8) is 0 Å². The number of aryl methyl sites for hydroxylation is 2.